The Kier molecular flexibility index (Phi) is 5.99. The number of hydrogen-bond acceptors (Lipinski definition) is 5. The van der Waals surface area contributed by atoms with E-state index in [0.717, 1.165) is 11.3 Å². The SMILES string of the molecule is Cc1cccc(-n2nnnc2SCC(=O)N(C(C)C)C(C)C)c1C. The van der Waals surface area contributed by atoms with Crippen molar-refractivity contribution in [3.05, 3.63) is 29.3 Å². The van der Waals surface area contributed by atoms with Crippen molar-refractivity contribution in [2.75, 3.05) is 5.75 Å². The molecule has 0 radical (unpaired) electrons. The smallest absolute Gasteiger partial charge is 0.233 e. The Morgan fingerprint density at radius 1 is 1.21 bits per heavy atom. The summed E-state index contributed by atoms with van der Waals surface area (Å²) in [5, 5.41) is 12.6. The summed E-state index contributed by atoms with van der Waals surface area (Å²) in [4.78, 5) is 14.4. The molecule has 0 aliphatic rings. The van der Waals surface area contributed by atoms with Gasteiger partial charge in [-0.2, -0.15) is 4.68 Å². The largest absolute Gasteiger partial charge is 0.337 e. The first kappa shape index (κ1) is 18.4. The number of tetrazole rings is 1. The molecule has 0 saturated carbocycles. The number of nitrogens with zero attached hydrogens (tertiary/aromatic N) is 5. The van der Waals surface area contributed by atoms with E-state index in [1.54, 1.807) is 4.68 Å². The Morgan fingerprint density at radius 2 is 1.88 bits per heavy atom. The lowest BCUT2D eigenvalue weighted by molar-refractivity contribution is -0.131. The van der Waals surface area contributed by atoms with Gasteiger partial charge in [0.25, 0.3) is 0 Å². The van der Waals surface area contributed by atoms with E-state index in [4.69, 9.17) is 0 Å². The van der Waals surface area contributed by atoms with Crippen molar-refractivity contribution in [2.45, 2.75) is 58.8 Å². The minimum Gasteiger partial charge on any atom is -0.337 e. The molecule has 1 amide bonds. The van der Waals surface area contributed by atoms with E-state index in [2.05, 4.69) is 28.5 Å². The normalized spacial score (nSPS) is 11.3. The zero-order valence-corrected chi connectivity index (χ0v) is 16.0. The predicted octanol–water partition coefficient (Wildman–Crippen LogP) is 3.02. The maximum Gasteiger partial charge on any atom is 0.233 e. The quantitative estimate of drug-likeness (QED) is 0.752. The number of carbonyl (C=O) groups excluding carboxylic acids is 1. The van der Waals surface area contributed by atoms with Crippen molar-refractivity contribution < 1.29 is 4.79 Å². The summed E-state index contributed by atoms with van der Waals surface area (Å²) in [5.41, 5.74) is 3.25. The number of hydrogen-bond donors (Lipinski definition) is 0. The van der Waals surface area contributed by atoms with Gasteiger partial charge < -0.3 is 4.90 Å². The van der Waals surface area contributed by atoms with Crippen LogP contribution >= 0.6 is 11.8 Å². The Bertz CT molecular complexity index is 703. The summed E-state index contributed by atoms with van der Waals surface area (Å²) in [6, 6.07) is 6.38. The maximum absolute atomic E-state index is 12.5. The summed E-state index contributed by atoms with van der Waals surface area (Å²) in [6.07, 6.45) is 0. The molecule has 0 atom stereocenters. The fourth-order valence-corrected chi connectivity index (χ4v) is 3.51. The molecule has 2 aromatic rings. The first-order valence-corrected chi connectivity index (χ1v) is 9.10. The molecule has 130 valence electrons. The van der Waals surface area contributed by atoms with Crippen molar-refractivity contribution in [2.24, 2.45) is 0 Å². The third-order valence-corrected chi connectivity index (χ3v) is 4.87. The van der Waals surface area contributed by atoms with Gasteiger partial charge in [0.15, 0.2) is 0 Å². The van der Waals surface area contributed by atoms with Crippen LogP contribution in [-0.2, 0) is 4.79 Å². The van der Waals surface area contributed by atoms with Crippen molar-refractivity contribution in [1.29, 1.82) is 0 Å². The van der Waals surface area contributed by atoms with E-state index < -0.39 is 0 Å². The zero-order valence-electron chi connectivity index (χ0n) is 15.1. The van der Waals surface area contributed by atoms with Gasteiger partial charge in [-0.15, -0.1) is 5.10 Å². The van der Waals surface area contributed by atoms with E-state index in [1.165, 1.54) is 17.3 Å². The number of carbonyl (C=O) groups is 1. The highest BCUT2D eigenvalue weighted by atomic mass is 32.2. The minimum absolute atomic E-state index is 0.0977. The van der Waals surface area contributed by atoms with E-state index >= 15 is 0 Å². The number of aromatic nitrogens is 4. The first-order valence-electron chi connectivity index (χ1n) is 8.11. The molecule has 7 heteroatoms. The van der Waals surface area contributed by atoms with E-state index in [-0.39, 0.29) is 18.0 Å². The molecule has 1 aromatic carbocycles. The standard InChI is InChI=1S/C17H25N5OS/c1-11(2)21(12(3)4)16(23)10-24-17-18-19-20-22(17)15-9-7-8-13(5)14(15)6/h7-9,11-12H,10H2,1-6H3. The van der Waals surface area contributed by atoms with Crippen molar-refractivity contribution in [3.63, 3.8) is 0 Å². The highest BCUT2D eigenvalue weighted by molar-refractivity contribution is 7.99. The second-order valence-electron chi connectivity index (χ2n) is 6.37. The van der Waals surface area contributed by atoms with Gasteiger partial charge in [0.2, 0.25) is 11.1 Å². The fraction of sp³-hybridized carbons (Fsp3) is 0.529. The van der Waals surface area contributed by atoms with Gasteiger partial charge in [0.1, 0.15) is 0 Å². The molecule has 2 rings (SSSR count). The van der Waals surface area contributed by atoms with Gasteiger partial charge in [-0.25, -0.2) is 0 Å². The third kappa shape index (κ3) is 3.95. The highest BCUT2D eigenvalue weighted by Gasteiger charge is 2.21. The number of rotatable bonds is 6. The van der Waals surface area contributed by atoms with Gasteiger partial charge in [0.05, 0.1) is 11.4 Å². The van der Waals surface area contributed by atoms with Crippen LogP contribution in [0.15, 0.2) is 23.4 Å². The summed E-state index contributed by atoms with van der Waals surface area (Å²) in [6.45, 7) is 12.2. The molecule has 1 aromatic heterocycles. The molecular weight excluding hydrogens is 322 g/mol. The Morgan fingerprint density at radius 3 is 2.50 bits per heavy atom. The summed E-state index contributed by atoms with van der Waals surface area (Å²) in [5.74, 6) is 0.419. The van der Waals surface area contributed by atoms with Crippen molar-refractivity contribution >= 4 is 17.7 Å². The van der Waals surface area contributed by atoms with Crippen LogP contribution in [0.3, 0.4) is 0 Å². The molecule has 0 N–H and O–H groups in total. The van der Waals surface area contributed by atoms with Crippen LogP contribution in [0.2, 0.25) is 0 Å². The average Bonchev–Trinajstić information content (AvgIpc) is 2.95. The molecule has 0 aliphatic heterocycles. The number of benzene rings is 1. The molecule has 1 heterocycles. The van der Waals surface area contributed by atoms with Gasteiger partial charge in [0, 0.05) is 12.1 Å². The Hall–Kier alpha value is -1.89. The lowest BCUT2D eigenvalue weighted by Crippen LogP contribution is -2.43. The minimum atomic E-state index is 0.0977. The molecule has 0 bridgehead atoms. The number of amides is 1. The van der Waals surface area contributed by atoms with Crippen LogP contribution in [0.5, 0.6) is 0 Å². The molecule has 0 unspecified atom stereocenters. The first-order chi connectivity index (χ1) is 11.3. The van der Waals surface area contributed by atoms with Gasteiger partial charge >= 0.3 is 0 Å². The number of aryl methyl sites for hydroxylation is 1. The van der Waals surface area contributed by atoms with Crippen molar-refractivity contribution in [3.8, 4) is 5.69 Å². The van der Waals surface area contributed by atoms with E-state index in [9.17, 15) is 4.79 Å². The monoisotopic (exact) mass is 347 g/mol. The number of thioether (sulfide) groups is 1. The molecule has 0 saturated heterocycles. The molecule has 6 nitrogen and oxygen atoms in total. The second-order valence-corrected chi connectivity index (χ2v) is 7.31. The van der Waals surface area contributed by atoms with Crippen LogP contribution in [0.1, 0.15) is 38.8 Å². The molecule has 0 fully saturated rings. The van der Waals surface area contributed by atoms with Crippen LogP contribution < -0.4 is 0 Å². The third-order valence-electron chi connectivity index (χ3n) is 3.97. The molecule has 0 spiro atoms. The van der Waals surface area contributed by atoms with E-state index in [1.807, 2.05) is 51.7 Å². The highest BCUT2D eigenvalue weighted by Crippen LogP contribution is 2.23. The van der Waals surface area contributed by atoms with E-state index in [0.29, 0.717) is 10.9 Å². The van der Waals surface area contributed by atoms with Crippen LogP contribution in [0.25, 0.3) is 5.69 Å². The van der Waals surface area contributed by atoms with Gasteiger partial charge in [-0.1, -0.05) is 23.9 Å². The maximum atomic E-state index is 12.5. The second kappa shape index (κ2) is 7.79. The topological polar surface area (TPSA) is 63.9 Å². The predicted molar refractivity (Wildman–Crippen MR) is 96.5 cm³/mol. The Balaban J connectivity index is 2.17. The lowest BCUT2D eigenvalue weighted by Gasteiger charge is -2.30. The van der Waals surface area contributed by atoms with Gasteiger partial charge in [-0.05, 0) is 69.2 Å². The lowest BCUT2D eigenvalue weighted by atomic mass is 10.1. The van der Waals surface area contributed by atoms with Crippen LogP contribution in [-0.4, -0.2) is 48.9 Å². The Labute approximate surface area is 147 Å². The van der Waals surface area contributed by atoms with Gasteiger partial charge in [-0.3, -0.25) is 4.79 Å². The van der Waals surface area contributed by atoms with Crippen molar-refractivity contribution in [1.82, 2.24) is 25.1 Å². The average molecular weight is 347 g/mol. The summed E-state index contributed by atoms with van der Waals surface area (Å²) in [7, 11) is 0. The summed E-state index contributed by atoms with van der Waals surface area (Å²) >= 11 is 1.37. The zero-order chi connectivity index (χ0) is 17.9. The van der Waals surface area contributed by atoms with Crippen LogP contribution in [0.4, 0.5) is 0 Å². The molecule has 24 heavy (non-hydrogen) atoms. The van der Waals surface area contributed by atoms with Crippen LogP contribution in [0, 0.1) is 13.8 Å². The molecule has 0 aliphatic carbocycles. The fourth-order valence-electron chi connectivity index (χ4n) is 2.76. The molecular formula is C17H25N5OS. The summed E-state index contributed by atoms with van der Waals surface area (Å²) < 4.78 is 1.70.